The normalized spacial score (nSPS) is 11.2. The summed E-state index contributed by atoms with van der Waals surface area (Å²) < 4.78 is 25.2. The number of nitro benzene ring substituents is 1. The molecule has 1 N–H and O–H groups in total. The minimum Gasteiger partial charge on any atom is -0.298 e. The van der Waals surface area contributed by atoms with Gasteiger partial charge in [-0.25, -0.2) is 18.4 Å². The maximum atomic E-state index is 12.7. The van der Waals surface area contributed by atoms with Gasteiger partial charge in [0.1, 0.15) is 9.24 Å². The van der Waals surface area contributed by atoms with Crippen LogP contribution in [0.1, 0.15) is 10.4 Å². The molecule has 1 amide bonds. The fourth-order valence-corrected chi connectivity index (χ4v) is 5.17. The number of anilines is 1. The van der Waals surface area contributed by atoms with Gasteiger partial charge in [0.15, 0.2) is 5.13 Å². The molecule has 0 radical (unpaired) electrons. The Hall–Kier alpha value is -2.83. The molecule has 12 heteroatoms. The molecular formula is C16H12N4O5S3. The van der Waals surface area contributed by atoms with E-state index in [2.05, 4.69) is 15.3 Å². The number of aromatic nitrogens is 2. The molecular weight excluding hydrogens is 424 g/mol. The van der Waals surface area contributed by atoms with Crippen LogP contribution in [-0.4, -0.2) is 35.5 Å². The summed E-state index contributed by atoms with van der Waals surface area (Å²) in [5.74, 6) is -0.453. The van der Waals surface area contributed by atoms with Crippen LogP contribution < -0.4 is 5.32 Å². The molecule has 0 aliphatic carbocycles. The highest BCUT2D eigenvalue weighted by Gasteiger charge is 2.23. The van der Waals surface area contributed by atoms with Crippen molar-refractivity contribution >= 4 is 49.7 Å². The van der Waals surface area contributed by atoms with E-state index in [0.29, 0.717) is 10.6 Å². The van der Waals surface area contributed by atoms with E-state index < -0.39 is 20.7 Å². The van der Waals surface area contributed by atoms with E-state index in [9.17, 15) is 23.3 Å². The number of hydrogen-bond donors (Lipinski definition) is 1. The lowest BCUT2D eigenvalue weighted by molar-refractivity contribution is -0.384. The maximum absolute atomic E-state index is 12.7. The van der Waals surface area contributed by atoms with Crippen LogP contribution in [-0.2, 0) is 9.84 Å². The van der Waals surface area contributed by atoms with Gasteiger partial charge < -0.3 is 0 Å². The van der Waals surface area contributed by atoms with E-state index in [1.807, 2.05) is 0 Å². The van der Waals surface area contributed by atoms with Crippen LogP contribution in [0.15, 0.2) is 62.9 Å². The lowest BCUT2D eigenvalue weighted by atomic mass is 10.3. The molecule has 144 valence electrons. The van der Waals surface area contributed by atoms with Gasteiger partial charge in [-0.3, -0.25) is 20.2 Å². The number of rotatable bonds is 6. The smallest absolute Gasteiger partial charge is 0.269 e. The van der Waals surface area contributed by atoms with E-state index in [-0.39, 0.29) is 19.9 Å². The van der Waals surface area contributed by atoms with Gasteiger partial charge in [-0.05, 0) is 30.5 Å². The number of benzene rings is 1. The maximum Gasteiger partial charge on any atom is 0.269 e. The summed E-state index contributed by atoms with van der Waals surface area (Å²) in [6.45, 7) is 0. The molecule has 0 unspecified atom stereocenters. The number of amides is 1. The Morgan fingerprint density at radius 3 is 2.57 bits per heavy atom. The largest absolute Gasteiger partial charge is 0.298 e. The third kappa shape index (κ3) is 4.03. The van der Waals surface area contributed by atoms with Crippen LogP contribution in [0.4, 0.5) is 10.8 Å². The number of non-ortho nitro benzene ring substituents is 1. The van der Waals surface area contributed by atoms with Crippen LogP contribution in [0.5, 0.6) is 0 Å². The molecule has 0 atom stereocenters. The Balaban J connectivity index is 1.83. The number of nitrogens with zero attached hydrogens (tertiary/aromatic N) is 3. The zero-order valence-electron chi connectivity index (χ0n) is 14.2. The second-order valence-corrected chi connectivity index (χ2v) is 9.26. The number of thiazole rings is 1. The molecule has 1 aromatic carbocycles. The van der Waals surface area contributed by atoms with Crippen LogP contribution in [0.25, 0.3) is 0 Å². The van der Waals surface area contributed by atoms with Gasteiger partial charge in [-0.2, -0.15) is 0 Å². The Morgan fingerprint density at radius 2 is 1.93 bits per heavy atom. The number of thioether (sulfide) groups is 1. The van der Waals surface area contributed by atoms with Crippen LogP contribution in [0.2, 0.25) is 0 Å². The fraction of sp³-hybridized carbons (Fsp3) is 0.0625. The predicted octanol–water partition coefficient (Wildman–Crippen LogP) is 3.25. The van der Waals surface area contributed by atoms with Crippen molar-refractivity contribution in [2.75, 3.05) is 11.6 Å². The van der Waals surface area contributed by atoms with Crippen molar-refractivity contribution in [1.29, 1.82) is 0 Å². The number of sulfone groups is 1. The van der Waals surface area contributed by atoms with Crippen molar-refractivity contribution in [2.24, 2.45) is 0 Å². The highest BCUT2D eigenvalue weighted by atomic mass is 32.2. The molecule has 0 spiro atoms. The second-order valence-electron chi connectivity index (χ2n) is 5.25. The average molecular weight is 436 g/mol. The first-order chi connectivity index (χ1) is 13.3. The summed E-state index contributed by atoms with van der Waals surface area (Å²) in [5, 5.41) is 13.9. The van der Waals surface area contributed by atoms with E-state index in [1.54, 1.807) is 24.6 Å². The van der Waals surface area contributed by atoms with Gasteiger partial charge in [0.2, 0.25) is 9.84 Å². The molecule has 28 heavy (non-hydrogen) atoms. The molecule has 0 bridgehead atoms. The van der Waals surface area contributed by atoms with Crippen molar-refractivity contribution < 1.29 is 18.1 Å². The highest BCUT2D eigenvalue weighted by Crippen LogP contribution is 2.30. The number of carbonyl (C=O) groups excluding carboxylic acids is 1. The number of carbonyl (C=O) groups is 1. The predicted molar refractivity (Wildman–Crippen MR) is 105 cm³/mol. The molecule has 3 rings (SSSR count). The fourth-order valence-electron chi connectivity index (χ4n) is 2.20. The molecule has 9 nitrogen and oxygen atoms in total. The Kier molecular flexibility index (Phi) is 5.72. The first kappa shape index (κ1) is 19.9. The third-order valence-electron chi connectivity index (χ3n) is 3.54. The van der Waals surface area contributed by atoms with E-state index in [4.69, 9.17) is 0 Å². The van der Waals surface area contributed by atoms with Gasteiger partial charge >= 0.3 is 0 Å². The van der Waals surface area contributed by atoms with Gasteiger partial charge in [0.05, 0.1) is 21.6 Å². The Morgan fingerprint density at radius 1 is 1.21 bits per heavy atom. The molecule has 2 heterocycles. The highest BCUT2D eigenvalue weighted by molar-refractivity contribution is 7.98. The molecule has 2 aromatic heterocycles. The number of hydrogen-bond acceptors (Lipinski definition) is 9. The number of nitrogens with one attached hydrogen (secondary N) is 1. The van der Waals surface area contributed by atoms with Gasteiger partial charge in [0.25, 0.3) is 11.6 Å². The summed E-state index contributed by atoms with van der Waals surface area (Å²) in [5.41, 5.74) is 0.141. The minimum absolute atomic E-state index is 0.0899. The zero-order chi connectivity index (χ0) is 20.3. The van der Waals surface area contributed by atoms with Crippen molar-refractivity contribution in [3.8, 4) is 0 Å². The summed E-state index contributed by atoms with van der Waals surface area (Å²) >= 11 is 2.10. The molecule has 0 fully saturated rings. The van der Waals surface area contributed by atoms with Crippen LogP contribution in [0, 0.1) is 10.1 Å². The SMILES string of the molecule is CSc1ncccc1C(=O)Nc1ncc(S(=O)(=O)c2ccc([N+](=O)[O-])cc2)s1. The summed E-state index contributed by atoms with van der Waals surface area (Å²) in [6.07, 6.45) is 4.49. The summed E-state index contributed by atoms with van der Waals surface area (Å²) in [7, 11) is -3.91. The molecule has 0 aliphatic heterocycles. The van der Waals surface area contributed by atoms with Crippen molar-refractivity contribution in [3.63, 3.8) is 0 Å². The van der Waals surface area contributed by atoms with Crippen LogP contribution in [0.3, 0.4) is 0 Å². The third-order valence-corrected chi connectivity index (χ3v) is 7.39. The topological polar surface area (TPSA) is 132 Å². The zero-order valence-corrected chi connectivity index (χ0v) is 16.7. The standard InChI is InChI=1S/C16H12N4O5S3/c1-26-15-12(3-2-8-17-15)14(21)19-16-18-9-13(27-16)28(24,25)11-6-4-10(5-7-11)20(22)23/h2-9H,1H3,(H,18,19,21). The summed E-state index contributed by atoms with van der Waals surface area (Å²) in [4.78, 5) is 30.5. The van der Waals surface area contributed by atoms with Crippen LogP contribution >= 0.6 is 23.1 Å². The Labute approximate surface area is 167 Å². The lowest BCUT2D eigenvalue weighted by Crippen LogP contribution is -2.13. The Bertz CT molecular complexity index is 1140. The minimum atomic E-state index is -3.91. The first-order valence-electron chi connectivity index (χ1n) is 7.58. The van der Waals surface area contributed by atoms with Crippen molar-refractivity contribution in [3.05, 3.63) is 64.5 Å². The van der Waals surface area contributed by atoms with Gasteiger partial charge in [-0.15, -0.1) is 11.8 Å². The van der Waals surface area contributed by atoms with Gasteiger partial charge in [-0.1, -0.05) is 11.3 Å². The lowest BCUT2D eigenvalue weighted by Gasteiger charge is -2.05. The van der Waals surface area contributed by atoms with Gasteiger partial charge in [0, 0.05) is 18.3 Å². The average Bonchev–Trinajstić information content (AvgIpc) is 3.17. The van der Waals surface area contributed by atoms with E-state index in [1.165, 1.54) is 11.8 Å². The van der Waals surface area contributed by atoms with Crippen molar-refractivity contribution in [2.45, 2.75) is 14.1 Å². The first-order valence-corrected chi connectivity index (χ1v) is 11.1. The van der Waals surface area contributed by atoms with Crippen molar-refractivity contribution in [1.82, 2.24) is 9.97 Å². The summed E-state index contributed by atoms with van der Waals surface area (Å²) in [6, 6.07) is 7.78. The number of nitro groups is 1. The van der Waals surface area contributed by atoms with E-state index >= 15 is 0 Å². The molecule has 0 aliphatic rings. The molecule has 3 aromatic rings. The second kappa shape index (κ2) is 8.04. The quantitative estimate of drug-likeness (QED) is 0.354. The molecule has 0 saturated carbocycles. The molecule has 0 saturated heterocycles. The van der Waals surface area contributed by atoms with E-state index in [0.717, 1.165) is 41.8 Å². The number of pyridine rings is 1. The monoisotopic (exact) mass is 436 g/mol.